The summed E-state index contributed by atoms with van der Waals surface area (Å²) in [6, 6.07) is 3.53. The largest absolute Gasteiger partial charge is 0.496 e. The number of benzene rings is 1. The van der Waals surface area contributed by atoms with E-state index in [1.807, 2.05) is 12.2 Å². The topological polar surface area (TPSA) is 44.5 Å². The first-order chi connectivity index (χ1) is 7.24. The van der Waals surface area contributed by atoms with Crippen LogP contribution in [0.25, 0.3) is 6.08 Å². The number of hydrogen-bond acceptors (Lipinski definition) is 3. The molecule has 0 saturated heterocycles. The van der Waals surface area contributed by atoms with Crippen molar-refractivity contribution in [1.82, 2.24) is 0 Å². The molecule has 0 aromatic heterocycles. The predicted octanol–water partition coefficient (Wildman–Crippen LogP) is 2.33. The molecule has 0 bridgehead atoms. The van der Waals surface area contributed by atoms with Crippen LogP contribution in [-0.4, -0.2) is 20.8 Å². The molecule has 0 aliphatic carbocycles. The van der Waals surface area contributed by atoms with Crippen LogP contribution in [0.1, 0.15) is 5.56 Å². The van der Waals surface area contributed by atoms with E-state index in [2.05, 4.69) is 0 Å². The highest BCUT2D eigenvalue weighted by Crippen LogP contribution is 2.36. The van der Waals surface area contributed by atoms with E-state index in [0.29, 0.717) is 23.1 Å². The molecule has 1 rings (SSSR count). The van der Waals surface area contributed by atoms with Crippen LogP contribution in [-0.2, 0) is 0 Å². The molecule has 0 radical (unpaired) electrons. The Bertz CT molecular complexity index is 364. The molecule has 0 amide bonds. The molecule has 2 N–H and O–H groups in total. The summed E-state index contributed by atoms with van der Waals surface area (Å²) in [6.45, 7) is 0.457. The zero-order valence-corrected chi connectivity index (χ0v) is 9.54. The van der Waals surface area contributed by atoms with Crippen LogP contribution < -0.4 is 15.2 Å². The molecule has 0 saturated carbocycles. The van der Waals surface area contributed by atoms with Crippen LogP contribution in [0.5, 0.6) is 11.5 Å². The van der Waals surface area contributed by atoms with Gasteiger partial charge in [0.05, 0.1) is 24.8 Å². The van der Waals surface area contributed by atoms with Crippen LogP contribution in [0.2, 0.25) is 5.02 Å². The van der Waals surface area contributed by atoms with Gasteiger partial charge in [0, 0.05) is 6.54 Å². The second-order valence-electron chi connectivity index (χ2n) is 2.83. The third-order valence-electron chi connectivity index (χ3n) is 1.95. The summed E-state index contributed by atoms with van der Waals surface area (Å²) in [5.41, 5.74) is 6.20. The van der Waals surface area contributed by atoms with Crippen LogP contribution in [0.15, 0.2) is 18.2 Å². The Morgan fingerprint density at radius 3 is 2.60 bits per heavy atom. The average molecular weight is 228 g/mol. The van der Waals surface area contributed by atoms with E-state index >= 15 is 0 Å². The normalized spacial score (nSPS) is 10.7. The summed E-state index contributed by atoms with van der Waals surface area (Å²) < 4.78 is 10.4. The van der Waals surface area contributed by atoms with Gasteiger partial charge in [0.2, 0.25) is 0 Å². The van der Waals surface area contributed by atoms with Crippen molar-refractivity contribution in [1.29, 1.82) is 0 Å². The van der Waals surface area contributed by atoms with Crippen molar-refractivity contribution in [2.45, 2.75) is 0 Å². The Balaban J connectivity index is 3.27. The lowest BCUT2D eigenvalue weighted by molar-refractivity contribution is 0.393. The van der Waals surface area contributed by atoms with Gasteiger partial charge in [-0.05, 0) is 12.1 Å². The molecule has 4 heteroatoms. The van der Waals surface area contributed by atoms with Crippen molar-refractivity contribution in [3.05, 3.63) is 28.8 Å². The molecule has 0 aliphatic heterocycles. The molecule has 0 atom stereocenters. The van der Waals surface area contributed by atoms with Gasteiger partial charge in [0.15, 0.2) is 0 Å². The molecule has 0 aliphatic rings. The van der Waals surface area contributed by atoms with Crippen molar-refractivity contribution in [2.24, 2.45) is 5.73 Å². The minimum atomic E-state index is 0.457. The first-order valence-corrected chi connectivity index (χ1v) is 4.89. The highest BCUT2D eigenvalue weighted by molar-refractivity contribution is 6.32. The standard InChI is InChI=1S/C11H14ClNO2/c1-14-10-6-5-9(12)11(15-2)8(10)4-3-7-13/h3-6H,7,13H2,1-2H3/b4-3+. The number of nitrogens with two attached hydrogens (primary N) is 1. The lowest BCUT2D eigenvalue weighted by Crippen LogP contribution is -1.95. The molecule has 1 aromatic rings. The fourth-order valence-corrected chi connectivity index (χ4v) is 1.53. The summed E-state index contributed by atoms with van der Waals surface area (Å²) in [5, 5.41) is 0.551. The first kappa shape index (κ1) is 11.9. The molecule has 0 spiro atoms. The molecule has 0 unspecified atom stereocenters. The predicted molar refractivity (Wildman–Crippen MR) is 62.6 cm³/mol. The van der Waals surface area contributed by atoms with Gasteiger partial charge in [-0.15, -0.1) is 0 Å². The van der Waals surface area contributed by atoms with Gasteiger partial charge in [-0.2, -0.15) is 0 Å². The summed E-state index contributed by atoms with van der Waals surface area (Å²) in [5.74, 6) is 1.31. The molecule has 15 heavy (non-hydrogen) atoms. The summed E-state index contributed by atoms with van der Waals surface area (Å²) >= 11 is 5.99. The van der Waals surface area contributed by atoms with Gasteiger partial charge < -0.3 is 15.2 Å². The highest BCUT2D eigenvalue weighted by Gasteiger charge is 2.10. The van der Waals surface area contributed by atoms with E-state index in [9.17, 15) is 0 Å². The highest BCUT2D eigenvalue weighted by atomic mass is 35.5. The van der Waals surface area contributed by atoms with Crippen molar-refractivity contribution >= 4 is 17.7 Å². The second kappa shape index (κ2) is 5.63. The second-order valence-corrected chi connectivity index (χ2v) is 3.24. The fourth-order valence-electron chi connectivity index (χ4n) is 1.28. The molecular weight excluding hydrogens is 214 g/mol. The lowest BCUT2D eigenvalue weighted by atomic mass is 10.1. The monoisotopic (exact) mass is 227 g/mol. The summed E-state index contributed by atoms with van der Waals surface area (Å²) in [4.78, 5) is 0. The summed E-state index contributed by atoms with van der Waals surface area (Å²) in [7, 11) is 3.17. The van der Waals surface area contributed by atoms with Crippen LogP contribution in [0.4, 0.5) is 0 Å². The third kappa shape index (κ3) is 2.64. The Labute approximate surface area is 94.4 Å². The lowest BCUT2D eigenvalue weighted by Gasteiger charge is -2.11. The first-order valence-electron chi connectivity index (χ1n) is 4.51. The van der Waals surface area contributed by atoms with E-state index in [1.54, 1.807) is 26.4 Å². The van der Waals surface area contributed by atoms with Crippen molar-refractivity contribution < 1.29 is 9.47 Å². The molecule has 3 nitrogen and oxygen atoms in total. The zero-order chi connectivity index (χ0) is 11.3. The number of methoxy groups -OCH3 is 2. The minimum Gasteiger partial charge on any atom is -0.496 e. The zero-order valence-electron chi connectivity index (χ0n) is 8.79. The van der Waals surface area contributed by atoms with Crippen molar-refractivity contribution in [3.8, 4) is 11.5 Å². The van der Waals surface area contributed by atoms with Gasteiger partial charge >= 0.3 is 0 Å². The van der Waals surface area contributed by atoms with Crippen LogP contribution in [0, 0.1) is 0 Å². The quantitative estimate of drug-likeness (QED) is 0.859. The Hall–Kier alpha value is -1.19. The number of ether oxygens (including phenoxy) is 2. The van der Waals surface area contributed by atoms with Gasteiger partial charge in [-0.25, -0.2) is 0 Å². The molecule has 82 valence electrons. The number of hydrogen-bond donors (Lipinski definition) is 1. The maximum absolute atomic E-state index is 5.99. The van der Waals surface area contributed by atoms with Crippen molar-refractivity contribution in [2.75, 3.05) is 20.8 Å². The van der Waals surface area contributed by atoms with E-state index in [1.165, 1.54) is 0 Å². The van der Waals surface area contributed by atoms with E-state index in [-0.39, 0.29) is 0 Å². The van der Waals surface area contributed by atoms with Gasteiger partial charge in [-0.3, -0.25) is 0 Å². The van der Waals surface area contributed by atoms with Gasteiger partial charge in [0.25, 0.3) is 0 Å². The average Bonchev–Trinajstić information content (AvgIpc) is 2.26. The van der Waals surface area contributed by atoms with Crippen molar-refractivity contribution in [3.63, 3.8) is 0 Å². The molecular formula is C11H14ClNO2. The maximum atomic E-state index is 5.99. The number of halogens is 1. The summed E-state index contributed by atoms with van der Waals surface area (Å²) in [6.07, 6.45) is 3.65. The maximum Gasteiger partial charge on any atom is 0.148 e. The fraction of sp³-hybridized carbons (Fsp3) is 0.273. The van der Waals surface area contributed by atoms with Gasteiger partial charge in [-0.1, -0.05) is 23.8 Å². The van der Waals surface area contributed by atoms with Gasteiger partial charge in [0.1, 0.15) is 11.5 Å². The minimum absolute atomic E-state index is 0.457. The molecule has 0 heterocycles. The van der Waals surface area contributed by atoms with E-state index in [4.69, 9.17) is 26.8 Å². The SMILES string of the molecule is COc1ccc(Cl)c(OC)c1/C=C/CN. The van der Waals surface area contributed by atoms with Crippen LogP contribution >= 0.6 is 11.6 Å². The Morgan fingerprint density at radius 2 is 2.07 bits per heavy atom. The molecule has 1 aromatic carbocycles. The van der Waals surface area contributed by atoms with E-state index < -0.39 is 0 Å². The Kier molecular flexibility index (Phi) is 4.46. The third-order valence-corrected chi connectivity index (χ3v) is 2.25. The Morgan fingerprint density at radius 1 is 1.33 bits per heavy atom. The number of rotatable bonds is 4. The smallest absolute Gasteiger partial charge is 0.148 e. The van der Waals surface area contributed by atoms with Crippen LogP contribution in [0.3, 0.4) is 0 Å². The van der Waals surface area contributed by atoms with E-state index in [0.717, 1.165) is 5.56 Å². The molecule has 0 fully saturated rings.